The third-order valence-electron chi connectivity index (χ3n) is 3.84. The number of hydrogen-bond donors (Lipinski definition) is 0. The minimum Gasteiger partial charge on any atom is -0.198 e. The Morgan fingerprint density at radius 2 is 1.88 bits per heavy atom. The van der Waals surface area contributed by atoms with Crippen LogP contribution >= 0.6 is 0 Å². The molecule has 0 fully saturated rings. The van der Waals surface area contributed by atoms with Gasteiger partial charge >= 0.3 is 0 Å². The Morgan fingerprint density at radius 3 is 2.53 bits per heavy atom. The van der Waals surface area contributed by atoms with Crippen LogP contribution in [0.3, 0.4) is 0 Å². The molecule has 1 aromatic rings. The Morgan fingerprint density at radius 1 is 1.18 bits per heavy atom. The zero-order valence-corrected chi connectivity index (χ0v) is 10.9. The maximum atomic E-state index is 9.15. The number of fused-ring (bicyclic) bond motifs is 1. The molecule has 1 aliphatic carbocycles. The van der Waals surface area contributed by atoms with Crippen molar-refractivity contribution in [3.63, 3.8) is 0 Å². The molecule has 0 spiro atoms. The summed E-state index contributed by atoms with van der Waals surface area (Å²) in [4.78, 5) is 0. The molecule has 90 valence electrons. The number of rotatable bonds is 3. The summed E-state index contributed by atoms with van der Waals surface area (Å²) in [6.07, 6.45) is 6.02. The fourth-order valence-electron chi connectivity index (χ4n) is 2.60. The van der Waals surface area contributed by atoms with E-state index < -0.39 is 0 Å². The van der Waals surface area contributed by atoms with Crippen LogP contribution < -0.4 is 0 Å². The average molecular weight is 227 g/mol. The van der Waals surface area contributed by atoms with Gasteiger partial charge in [-0.1, -0.05) is 32.0 Å². The minimum atomic E-state index is 0.150. The van der Waals surface area contributed by atoms with Crippen LogP contribution in [0.15, 0.2) is 18.2 Å². The molecular weight excluding hydrogens is 206 g/mol. The third-order valence-corrected chi connectivity index (χ3v) is 3.84. The van der Waals surface area contributed by atoms with Gasteiger partial charge in [-0.25, -0.2) is 0 Å². The van der Waals surface area contributed by atoms with Crippen LogP contribution in [0.25, 0.3) is 0 Å². The zero-order chi connectivity index (χ0) is 12.3. The first kappa shape index (κ1) is 12.2. The van der Waals surface area contributed by atoms with Gasteiger partial charge in [-0.3, -0.25) is 0 Å². The van der Waals surface area contributed by atoms with E-state index in [-0.39, 0.29) is 5.92 Å². The van der Waals surface area contributed by atoms with Crippen molar-refractivity contribution in [2.45, 2.75) is 46.0 Å². The Balaban J connectivity index is 2.14. The summed E-state index contributed by atoms with van der Waals surface area (Å²) in [5.41, 5.74) is 4.39. The maximum Gasteiger partial charge on any atom is 0.0661 e. The van der Waals surface area contributed by atoms with E-state index in [1.54, 1.807) is 0 Å². The molecule has 2 rings (SSSR count). The summed E-state index contributed by atoms with van der Waals surface area (Å²) < 4.78 is 0. The maximum absolute atomic E-state index is 9.15. The Hall–Kier alpha value is -1.29. The lowest BCUT2D eigenvalue weighted by atomic mass is 9.86. The molecule has 0 bridgehead atoms. The van der Waals surface area contributed by atoms with Crippen LogP contribution in [-0.4, -0.2) is 0 Å². The highest BCUT2D eigenvalue weighted by atomic mass is 14.3. The van der Waals surface area contributed by atoms with Crippen LogP contribution in [0, 0.1) is 23.2 Å². The Bertz CT molecular complexity index is 426. The summed E-state index contributed by atoms with van der Waals surface area (Å²) in [5.74, 6) is 0.590. The van der Waals surface area contributed by atoms with Gasteiger partial charge in [0.15, 0.2) is 0 Å². The lowest BCUT2D eigenvalue weighted by Crippen LogP contribution is -2.10. The molecule has 1 aliphatic rings. The molecular formula is C16H21N. The first-order valence-electron chi connectivity index (χ1n) is 6.71. The van der Waals surface area contributed by atoms with Crippen molar-refractivity contribution >= 4 is 0 Å². The van der Waals surface area contributed by atoms with Gasteiger partial charge in [0, 0.05) is 0 Å². The Labute approximate surface area is 104 Å². The highest BCUT2D eigenvalue weighted by molar-refractivity contribution is 5.34. The van der Waals surface area contributed by atoms with E-state index in [2.05, 4.69) is 38.1 Å². The van der Waals surface area contributed by atoms with Crippen LogP contribution in [0.5, 0.6) is 0 Å². The number of nitriles is 1. The minimum absolute atomic E-state index is 0.150. The van der Waals surface area contributed by atoms with Gasteiger partial charge in [-0.2, -0.15) is 5.26 Å². The topological polar surface area (TPSA) is 23.8 Å². The molecule has 0 saturated heterocycles. The van der Waals surface area contributed by atoms with Crippen LogP contribution in [-0.2, 0) is 19.3 Å². The molecule has 0 radical (unpaired) electrons. The molecule has 0 saturated carbocycles. The van der Waals surface area contributed by atoms with Gasteiger partial charge < -0.3 is 0 Å². The fourth-order valence-corrected chi connectivity index (χ4v) is 2.60. The van der Waals surface area contributed by atoms with Crippen LogP contribution in [0.2, 0.25) is 0 Å². The average Bonchev–Trinajstić information content (AvgIpc) is 2.35. The molecule has 17 heavy (non-hydrogen) atoms. The number of benzene rings is 1. The molecule has 0 heterocycles. The smallest absolute Gasteiger partial charge is 0.0661 e. The van der Waals surface area contributed by atoms with Gasteiger partial charge in [0.1, 0.15) is 0 Å². The fraction of sp³-hybridized carbons (Fsp3) is 0.562. The van der Waals surface area contributed by atoms with E-state index in [4.69, 9.17) is 5.26 Å². The molecule has 1 aromatic carbocycles. The highest BCUT2D eigenvalue weighted by Gasteiger charge is 2.15. The van der Waals surface area contributed by atoms with E-state index >= 15 is 0 Å². The van der Waals surface area contributed by atoms with Crippen LogP contribution in [0.1, 0.15) is 43.4 Å². The standard InChI is InChI=1S/C16H21N/c1-12(2)16(11-17)10-13-7-8-14-5-3-4-6-15(14)9-13/h7-9,12,16H,3-6,10H2,1-2H3. The summed E-state index contributed by atoms with van der Waals surface area (Å²) >= 11 is 0. The van der Waals surface area contributed by atoms with Gasteiger partial charge in [0.25, 0.3) is 0 Å². The predicted molar refractivity (Wildman–Crippen MR) is 70.7 cm³/mol. The molecule has 0 aliphatic heterocycles. The number of nitrogens with zero attached hydrogens (tertiary/aromatic N) is 1. The summed E-state index contributed by atoms with van der Waals surface area (Å²) in [5, 5.41) is 9.15. The quantitative estimate of drug-likeness (QED) is 0.768. The molecule has 1 heteroatoms. The van der Waals surface area contributed by atoms with E-state index in [0.717, 1.165) is 6.42 Å². The second-order valence-electron chi connectivity index (χ2n) is 5.49. The van der Waals surface area contributed by atoms with Crippen molar-refractivity contribution in [3.05, 3.63) is 34.9 Å². The van der Waals surface area contributed by atoms with E-state index in [1.807, 2.05) is 0 Å². The SMILES string of the molecule is CC(C)C(C#N)Cc1ccc2c(c1)CCCC2. The normalized spacial score (nSPS) is 16.4. The lowest BCUT2D eigenvalue weighted by Gasteiger charge is -2.18. The first-order chi connectivity index (χ1) is 8.20. The van der Waals surface area contributed by atoms with Crippen molar-refractivity contribution in [1.82, 2.24) is 0 Å². The second kappa shape index (κ2) is 5.36. The van der Waals surface area contributed by atoms with E-state index in [1.165, 1.54) is 42.4 Å². The molecule has 0 amide bonds. The van der Waals surface area contributed by atoms with Crippen molar-refractivity contribution in [1.29, 1.82) is 5.26 Å². The molecule has 1 atom stereocenters. The monoisotopic (exact) mass is 227 g/mol. The first-order valence-corrected chi connectivity index (χ1v) is 6.71. The lowest BCUT2D eigenvalue weighted by molar-refractivity contribution is 0.473. The van der Waals surface area contributed by atoms with Gasteiger partial charge in [-0.05, 0) is 54.7 Å². The number of aryl methyl sites for hydroxylation is 2. The van der Waals surface area contributed by atoms with Crippen LogP contribution in [0.4, 0.5) is 0 Å². The van der Waals surface area contributed by atoms with Gasteiger partial charge in [0.05, 0.1) is 12.0 Å². The Kier molecular flexibility index (Phi) is 3.84. The van der Waals surface area contributed by atoms with Crippen molar-refractivity contribution in [2.24, 2.45) is 11.8 Å². The molecule has 1 unspecified atom stereocenters. The summed E-state index contributed by atoms with van der Waals surface area (Å²) in [6, 6.07) is 9.26. The predicted octanol–water partition coefficient (Wildman–Crippen LogP) is 3.90. The molecule has 0 aromatic heterocycles. The van der Waals surface area contributed by atoms with Gasteiger partial charge in [0.2, 0.25) is 0 Å². The number of hydrogen-bond acceptors (Lipinski definition) is 1. The third kappa shape index (κ3) is 2.88. The van der Waals surface area contributed by atoms with Crippen molar-refractivity contribution in [3.8, 4) is 6.07 Å². The van der Waals surface area contributed by atoms with E-state index in [0.29, 0.717) is 5.92 Å². The van der Waals surface area contributed by atoms with Crippen molar-refractivity contribution < 1.29 is 0 Å². The van der Waals surface area contributed by atoms with Crippen molar-refractivity contribution in [2.75, 3.05) is 0 Å². The highest BCUT2D eigenvalue weighted by Crippen LogP contribution is 2.24. The summed E-state index contributed by atoms with van der Waals surface area (Å²) in [6.45, 7) is 4.26. The molecule has 0 N–H and O–H groups in total. The van der Waals surface area contributed by atoms with Gasteiger partial charge in [-0.15, -0.1) is 0 Å². The second-order valence-corrected chi connectivity index (χ2v) is 5.49. The largest absolute Gasteiger partial charge is 0.198 e. The van der Waals surface area contributed by atoms with E-state index in [9.17, 15) is 0 Å². The molecule has 1 nitrogen and oxygen atoms in total. The summed E-state index contributed by atoms with van der Waals surface area (Å²) in [7, 11) is 0. The zero-order valence-electron chi connectivity index (χ0n) is 10.9.